The molecule has 10 nitrogen and oxygen atoms in total. The molecule has 0 unspecified atom stereocenters. The summed E-state index contributed by atoms with van der Waals surface area (Å²) >= 11 is 6.46. The van der Waals surface area contributed by atoms with Crippen molar-refractivity contribution in [2.45, 2.75) is 87.5 Å². The van der Waals surface area contributed by atoms with Gasteiger partial charge in [-0.15, -0.1) is 0 Å². The number of β-amino-alcohol motifs (C(OH)–C–C–N with tert-alkyl or cyclic N) is 1. The molecule has 1 saturated carbocycles. The number of nitrogens with one attached hydrogen (secondary N) is 1. The van der Waals surface area contributed by atoms with Crippen LogP contribution in [-0.4, -0.2) is 98.9 Å². The van der Waals surface area contributed by atoms with Crippen molar-refractivity contribution >= 4 is 33.2 Å². The van der Waals surface area contributed by atoms with Gasteiger partial charge in [0, 0.05) is 42.2 Å². The van der Waals surface area contributed by atoms with E-state index in [0.29, 0.717) is 71.0 Å². The fourth-order valence-corrected chi connectivity index (χ4v) is 10.9. The second-order valence-electron chi connectivity index (χ2n) is 15.8. The minimum Gasteiger partial charge on any atom is -0.490 e. The van der Waals surface area contributed by atoms with Gasteiger partial charge in [0.2, 0.25) is 10.0 Å². The topological polar surface area (TPSA) is 129 Å². The second-order valence-corrected chi connectivity index (χ2v) is 18.2. The highest BCUT2D eigenvalue weighted by molar-refractivity contribution is 7.90. The molecule has 3 heterocycles. The Morgan fingerprint density at radius 2 is 1.92 bits per heavy atom. The lowest BCUT2D eigenvalue weighted by Crippen LogP contribution is -2.60. The maximum absolute atomic E-state index is 13.6. The van der Waals surface area contributed by atoms with Crippen LogP contribution in [0.15, 0.2) is 36.4 Å². The van der Waals surface area contributed by atoms with E-state index in [-0.39, 0.29) is 41.4 Å². The number of carbonyl (C=O) groups is 1. The first-order valence-electron chi connectivity index (χ1n) is 18.4. The fourth-order valence-electron chi connectivity index (χ4n) is 9.38. The van der Waals surface area contributed by atoms with Crippen LogP contribution in [0.1, 0.15) is 80.3 Å². The summed E-state index contributed by atoms with van der Waals surface area (Å²) in [5.74, 6) is -0.0109. The maximum atomic E-state index is 13.6. The molecule has 0 aromatic heterocycles. The average Bonchev–Trinajstić information content (AvgIpc) is 3.22. The van der Waals surface area contributed by atoms with Crippen LogP contribution in [0.5, 0.6) is 5.75 Å². The Hall–Kier alpha value is -2.41. The van der Waals surface area contributed by atoms with E-state index in [4.69, 9.17) is 21.1 Å². The van der Waals surface area contributed by atoms with Crippen molar-refractivity contribution in [2.24, 2.45) is 17.8 Å². The molecule has 7 atom stereocenters. The van der Waals surface area contributed by atoms with Crippen molar-refractivity contribution in [1.29, 1.82) is 0 Å². The summed E-state index contributed by atoms with van der Waals surface area (Å²) in [6, 6.07) is 11.2. The van der Waals surface area contributed by atoms with Gasteiger partial charge in [0.15, 0.2) is 0 Å². The number of hydrogen-bond donors (Lipinski definition) is 3. The summed E-state index contributed by atoms with van der Waals surface area (Å²) in [4.78, 5) is 18.1. The van der Waals surface area contributed by atoms with E-state index in [1.807, 2.05) is 13.0 Å². The number of aliphatic hydroxyl groups excluding tert-OH is 1. The lowest BCUT2D eigenvalue weighted by Gasteiger charge is -2.52. The van der Waals surface area contributed by atoms with Crippen LogP contribution in [0.25, 0.3) is 0 Å². The summed E-state index contributed by atoms with van der Waals surface area (Å²) in [6.45, 7) is 7.37. The number of nitrogens with zero attached hydrogens (tertiary/aromatic N) is 2. The Morgan fingerprint density at radius 3 is 2.70 bits per heavy atom. The predicted molar refractivity (Wildman–Crippen MR) is 194 cm³/mol. The number of hydrogen-bond acceptors (Lipinski definition) is 9. The fraction of sp³-hybridized carbons (Fsp3) is 0.658. The molecule has 3 N–H and O–H groups in total. The van der Waals surface area contributed by atoms with Crippen molar-refractivity contribution in [1.82, 2.24) is 9.62 Å². The van der Waals surface area contributed by atoms with Gasteiger partial charge in [0.1, 0.15) is 5.75 Å². The summed E-state index contributed by atoms with van der Waals surface area (Å²) in [5, 5.41) is 22.8. The molecule has 2 fully saturated rings. The Bertz CT molecular complexity index is 1690. The molecule has 2 aromatic carbocycles. The first-order valence-corrected chi connectivity index (χ1v) is 20.4. The van der Waals surface area contributed by atoms with E-state index in [9.17, 15) is 23.4 Å². The number of anilines is 1. The van der Waals surface area contributed by atoms with Crippen LogP contribution in [0.2, 0.25) is 5.02 Å². The number of rotatable bonds is 3. The zero-order valence-corrected chi connectivity index (χ0v) is 30.9. The first kappa shape index (κ1) is 36.0. The van der Waals surface area contributed by atoms with Gasteiger partial charge < -0.3 is 24.6 Å². The van der Waals surface area contributed by atoms with Crippen LogP contribution in [0.3, 0.4) is 0 Å². The Morgan fingerprint density at radius 1 is 1.08 bits per heavy atom. The molecule has 50 heavy (non-hydrogen) atoms. The molecule has 3 aliphatic heterocycles. The van der Waals surface area contributed by atoms with E-state index in [1.54, 1.807) is 25.1 Å². The highest BCUT2D eigenvalue weighted by Crippen LogP contribution is 2.49. The average molecular weight is 730 g/mol. The standard InChI is InChI=1S/C38H52ClN3O7S/c1-25-5-3-14-38(45,23-41-15-16-48-21-31(41)20-43)33-10-7-29(33)19-42-22-37(13-4-6-27-17-30(39)9-11-32(27)37)24-49-35-12-8-28(18-34(35)42)36(44)40-50(46,47)26(25)2/h8-9,11-12,17-18,25-26,29,31,33,43,45H,3-7,10,13-16,19-24H2,1-2H3,(H,40,44)/t25-,26+,29-,31+,33+,37-,38+/m0/s1. The van der Waals surface area contributed by atoms with Crippen molar-refractivity contribution in [3.63, 3.8) is 0 Å². The molecule has 2 bridgehead atoms. The number of carbonyl (C=O) groups excluding carboxylic acids is 1. The lowest BCUT2D eigenvalue weighted by molar-refractivity contribution is -0.129. The van der Waals surface area contributed by atoms with Crippen LogP contribution >= 0.6 is 11.6 Å². The normalized spacial score (nSPS) is 34.8. The number of fused-ring (bicyclic) bond motifs is 4. The van der Waals surface area contributed by atoms with E-state index in [2.05, 4.69) is 26.7 Å². The lowest BCUT2D eigenvalue weighted by atomic mass is 9.62. The van der Waals surface area contributed by atoms with Gasteiger partial charge in [-0.2, -0.15) is 0 Å². The molecule has 7 rings (SSSR count). The number of amides is 1. The molecular weight excluding hydrogens is 678 g/mol. The number of aryl methyl sites for hydroxylation is 1. The largest absolute Gasteiger partial charge is 0.490 e. The van der Waals surface area contributed by atoms with Crippen molar-refractivity contribution < 1.29 is 32.9 Å². The minimum absolute atomic E-state index is 0.0153. The molecule has 2 aromatic rings. The third-order valence-corrected chi connectivity index (χ3v) is 14.8. The van der Waals surface area contributed by atoms with Gasteiger partial charge in [-0.1, -0.05) is 31.0 Å². The van der Waals surface area contributed by atoms with E-state index < -0.39 is 26.8 Å². The summed E-state index contributed by atoms with van der Waals surface area (Å²) in [7, 11) is -3.97. The smallest absolute Gasteiger partial charge is 0.264 e. The van der Waals surface area contributed by atoms with Gasteiger partial charge in [-0.3, -0.25) is 9.69 Å². The molecule has 5 aliphatic rings. The van der Waals surface area contributed by atoms with Crippen molar-refractivity contribution in [3.05, 3.63) is 58.1 Å². The maximum Gasteiger partial charge on any atom is 0.264 e. The van der Waals surface area contributed by atoms with Crippen LogP contribution < -0.4 is 14.4 Å². The molecule has 1 spiro atoms. The van der Waals surface area contributed by atoms with Crippen LogP contribution in [-0.2, 0) is 26.6 Å². The van der Waals surface area contributed by atoms with Gasteiger partial charge in [-0.05, 0) is 111 Å². The van der Waals surface area contributed by atoms with E-state index in [0.717, 1.165) is 42.8 Å². The Balaban J connectivity index is 1.29. The number of ether oxygens (including phenoxy) is 2. The van der Waals surface area contributed by atoms with Crippen LogP contribution in [0.4, 0.5) is 5.69 Å². The number of morpholine rings is 1. The van der Waals surface area contributed by atoms with Gasteiger partial charge >= 0.3 is 0 Å². The minimum atomic E-state index is -3.97. The SMILES string of the molecule is C[C@@H]1[C@@H](C)CCC[C@@](O)(CN2CCOC[C@H]2CO)[C@@H]2CC[C@H]2CN2C[C@@]3(CCCc4cc(Cl)ccc43)COc3ccc(cc32)C(=O)NS1(=O)=O. The van der Waals surface area contributed by atoms with Gasteiger partial charge in [-0.25, -0.2) is 13.1 Å². The van der Waals surface area contributed by atoms with Crippen molar-refractivity contribution in [2.75, 3.05) is 57.5 Å². The molecule has 12 heteroatoms. The molecular formula is C38H52ClN3O7S. The summed E-state index contributed by atoms with van der Waals surface area (Å²) in [6.07, 6.45) is 6.51. The Kier molecular flexibility index (Phi) is 10.2. The predicted octanol–water partition coefficient (Wildman–Crippen LogP) is 4.53. The highest BCUT2D eigenvalue weighted by atomic mass is 35.5. The van der Waals surface area contributed by atoms with E-state index in [1.165, 1.54) is 11.1 Å². The molecule has 0 radical (unpaired) electrons. The van der Waals surface area contributed by atoms with Gasteiger partial charge in [0.05, 0.1) is 49.0 Å². The number of benzene rings is 2. The third kappa shape index (κ3) is 6.90. The van der Waals surface area contributed by atoms with E-state index >= 15 is 0 Å². The molecule has 1 saturated heterocycles. The third-order valence-electron chi connectivity index (χ3n) is 12.7. The highest BCUT2D eigenvalue weighted by Gasteiger charge is 2.50. The summed E-state index contributed by atoms with van der Waals surface area (Å²) < 4.78 is 41.7. The molecule has 2 aliphatic carbocycles. The quantitative estimate of drug-likeness (QED) is 0.418. The molecule has 274 valence electrons. The van der Waals surface area contributed by atoms with Crippen molar-refractivity contribution in [3.8, 4) is 5.75 Å². The number of halogens is 1. The zero-order chi connectivity index (χ0) is 35.3. The zero-order valence-electron chi connectivity index (χ0n) is 29.3. The number of aliphatic hydroxyl groups is 2. The first-order chi connectivity index (χ1) is 23.9. The van der Waals surface area contributed by atoms with Crippen LogP contribution in [0, 0.1) is 17.8 Å². The monoisotopic (exact) mass is 729 g/mol. The molecule has 1 amide bonds. The second kappa shape index (κ2) is 14.2. The van der Waals surface area contributed by atoms with Gasteiger partial charge in [0.25, 0.3) is 5.91 Å². The Labute approximate surface area is 301 Å². The summed E-state index contributed by atoms with van der Waals surface area (Å²) in [5.41, 5.74) is 2.17. The number of sulfonamides is 1.